The Morgan fingerprint density at radius 3 is 2.81 bits per heavy atom. The second-order valence-corrected chi connectivity index (χ2v) is 5.61. The maximum atomic E-state index is 12.0. The van der Waals surface area contributed by atoms with Gasteiger partial charge in [0.2, 0.25) is 5.91 Å². The Morgan fingerprint density at radius 2 is 2.14 bits per heavy atom. The van der Waals surface area contributed by atoms with Crippen molar-refractivity contribution in [3.05, 3.63) is 24.3 Å². The Labute approximate surface area is 125 Å². The zero-order valence-electron chi connectivity index (χ0n) is 12.1. The molecule has 2 aliphatic heterocycles. The molecule has 2 saturated heterocycles. The highest BCUT2D eigenvalue weighted by atomic mass is 16.5. The van der Waals surface area contributed by atoms with Gasteiger partial charge in [0, 0.05) is 12.3 Å². The zero-order chi connectivity index (χ0) is 14.5. The minimum Gasteiger partial charge on any atom is -0.491 e. The Balaban J connectivity index is 1.47. The zero-order valence-corrected chi connectivity index (χ0v) is 12.1. The summed E-state index contributed by atoms with van der Waals surface area (Å²) in [5.41, 5.74) is 0.804. The van der Waals surface area contributed by atoms with Crippen LogP contribution in [0.15, 0.2) is 24.3 Å². The summed E-state index contributed by atoms with van der Waals surface area (Å²) in [5, 5.41) is 6.12. The van der Waals surface area contributed by atoms with Crippen LogP contribution >= 0.6 is 0 Å². The Bertz CT molecular complexity index is 463. The second-order valence-electron chi connectivity index (χ2n) is 5.61. The van der Waals surface area contributed by atoms with E-state index in [2.05, 4.69) is 10.6 Å². The van der Waals surface area contributed by atoms with Gasteiger partial charge in [-0.3, -0.25) is 4.79 Å². The quantitative estimate of drug-likeness (QED) is 0.870. The molecule has 0 saturated carbocycles. The van der Waals surface area contributed by atoms with E-state index in [0.29, 0.717) is 6.61 Å². The largest absolute Gasteiger partial charge is 0.491 e. The molecular weight excluding hydrogens is 268 g/mol. The van der Waals surface area contributed by atoms with Gasteiger partial charge in [-0.05, 0) is 56.5 Å². The van der Waals surface area contributed by atoms with Crippen molar-refractivity contribution in [2.45, 2.75) is 37.8 Å². The molecule has 1 aromatic rings. The minimum atomic E-state index is -0.0551. The number of amides is 1. The standard InChI is InChI=1S/C16H22N2O3/c19-16(15-4-1-9-17-15)18-12-5-7-13(8-6-12)21-11-14-3-2-10-20-14/h5-8,14-15,17H,1-4,9-11H2,(H,18,19). The molecule has 2 unspecified atom stereocenters. The normalized spacial score (nSPS) is 25.0. The first-order chi connectivity index (χ1) is 10.3. The lowest BCUT2D eigenvalue weighted by molar-refractivity contribution is -0.117. The first-order valence-electron chi connectivity index (χ1n) is 7.70. The summed E-state index contributed by atoms with van der Waals surface area (Å²) in [7, 11) is 0. The average Bonchev–Trinajstić information content (AvgIpc) is 3.20. The highest BCUT2D eigenvalue weighted by Gasteiger charge is 2.21. The maximum absolute atomic E-state index is 12.0. The monoisotopic (exact) mass is 290 g/mol. The second kappa shape index (κ2) is 6.91. The van der Waals surface area contributed by atoms with Crippen LogP contribution in [0.1, 0.15) is 25.7 Å². The van der Waals surface area contributed by atoms with Gasteiger partial charge in [-0.15, -0.1) is 0 Å². The van der Waals surface area contributed by atoms with E-state index in [0.717, 1.165) is 50.3 Å². The van der Waals surface area contributed by atoms with Crippen molar-refractivity contribution in [3.63, 3.8) is 0 Å². The number of benzene rings is 1. The molecule has 2 fully saturated rings. The highest BCUT2D eigenvalue weighted by molar-refractivity contribution is 5.95. The Kier molecular flexibility index (Phi) is 4.72. The first-order valence-corrected chi connectivity index (χ1v) is 7.70. The molecule has 1 aromatic carbocycles. The molecule has 0 aromatic heterocycles. The van der Waals surface area contributed by atoms with Crippen molar-refractivity contribution in [2.24, 2.45) is 0 Å². The lowest BCUT2D eigenvalue weighted by Crippen LogP contribution is -2.35. The van der Waals surface area contributed by atoms with E-state index in [1.54, 1.807) is 0 Å². The minimum absolute atomic E-state index is 0.0422. The summed E-state index contributed by atoms with van der Waals surface area (Å²) in [6, 6.07) is 7.45. The summed E-state index contributed by atoms with van der Waals surface area (Å²) >= 11 is 0. The molecule has 2 aliphatic rings. The van der Waals surface area contributed by atoms with Crippen molar-refractivity contribution < 1.29 is 14.3 Å². The average molecular weight is 290 g/mol. The SMILES string of the molecule is O=C(Nc1ccc(OCC2CCCO2)cc1)C1CCCN1. The van der Waals surface area contributed by atoms with Crippen LogP contribution in [0.4, 0.5) is 5.69 Å². The van der Waals surface area contributed by atoms with Crippen LogP contribution in [-0.4, -0.2) is 37.8 Å². The van der Waals surface area contributed by atoms with Gasteiger partial charge in [0.1, 0.15) is 12.4 Å². The van der Waals surface area contributed by atoms with Gasteiger partial charge in [0.05, 0.1) is 12.1 Å². The fourth-order valence-electron chi connectivity index (χ4n) is 2.74. The smallest absolute Gasteiger partial charge is 0.241 e. The van der Waals surface area contributed by atoms with Crippen molar-refractivity contribution in [1.82, 2.24) is 5.32 Å². The number of anilines is 1. The lowest BCUT2D eigenvalue weighted by atomic mass is 10.2. The van der Waals surface area contributed by atoms with Crippen molar-refractivity contribution in [2.75, 3.05) is 25.1 Å². The van der Waals surface area contributed by atoms with E-state index in [1.165, 1.54) is 0 Å². The molecule has 0 aliphatic carbocycles. The van der Waals surface area contributed by atoms with E-state index in [9.17, 15) is 4.79 Å². The number of ether oxygens (including phenoxy) is 2. The topological polar surface area (TPSA) is 59.6 Å². The Morgan fingerprint density at radius 1 is 1.29 bits per heavy atom. The van der Waals surface area contributed by atoms with E-state index >= 15 is 0 Å². The molecule has 0 spiro atoms. The predicted molar refractivity (Wildman–Crippen MR) is 80.6 cm³/mol. The van der Waals surface area contributed by atoms with Gasteiger partial charge < -0.3 is 20.1 Å². The van der Waals surface area contributed by atoms with Gasteiger partial charge in [-0.1, -0.05) is 0 Å². The number of hydrogen-bond donors (Lipinski definition) is 2. The van der Waals surface area contributed by atoms with Crippen LogP contribution in [0.3, 0.4) is 0 Å². The molecule has 2 N–H and O–H groups in total. The number of carbonyl (C=O) groups is 1. The third-order valence-corrected chi connectivity index (χ3v) is 3.96. The molecule has 0 bridgehead atoms. The van der Waals surface area contributed by atoms with Crippen molar-refractivity contribution in [1.29, 1.82) is 0 Å². The van der Waals surface area contributed by atoms with Crippen LogP contribution in [-0.2, 0) is 9.53 Å². The highest BCUT2D eigenvalue weighted by Crippen LogP contribution is 2.19. The number of nitrogens with one attached hydrogen (secondary N) is 2. The van der Waals surface area contributed by atoms with Crippen molar-refractivity contribution in [3.8, 4) is 5.75 Å². The molecule has 5 heteroatoms. The number of hydrogen-bond acceptors (Lipinski definition) is 4. The lowest BCUT2D eigenvalue weighted by Gasteiger charge is -2.13. The van der Waals surface area contributed by atoms with Crippen LogP contribution in [0.25, 0.3) is 0 Å². The summed E-state index contributed by atoms with van der Waals surface area (Å²) in [6.07, 6.45) is 4.39. The molecule has 0 radical (unpaired) electrons. The van der Waals surface area contributed by atoms with E-state index in [-0.39, 0.29) is 18.1 Å². The number of carbonyl (C=O) groups excluding carboxylic acids is 1. The van der Waals surface area contributed by atoms with E-state index in [1.807, 2.05) is 24.3 Å². The third kappa shape index (κ3) is 3.95. The summed E-state index contributed by atoms with van der Waals surface area (Å²) in [6.45, 7) is 2.36. The van der Waals surface area contributed by atoms with Gasteiger partial charge in [0.15, 0.2) is 0 Å². The van der Waals surface area contributed by atoms with Crippen LogP contribution < -0.4 is 15.4 Å². The summed E-state index contributed by atoms with van der Waals surface area (Å²) in [5.74, 6) is 0.850. The van der Waals surface area contributed by atoms with Gasteiger partial charge in [-0.2, -0.15) is 0 Å². The van der Waals surface area contributed by atoms with Gasteiger partial charge in [0.25, 0.3) is 0 Å². The summed E-state index contributed by atoms with van der Waals surface area (Å²) < 4.78 is 11.2. The Hall–Kier alpha value is -1.59. The van der Waals surface area contributed by atoms with E-state index < -0.39 is 0 Å². The van der Waals surface area contributed by atoms with Crippen molar-refractivity contribution >= 4 is 11.6 Å². The predicted octanol–water partition coefficient (Wildman–Crippen LogP) is 1.93. The third-order valence-electron chi connectivity index (χ3n) is 3.96. The fraction of sp³-hybridized carbons (Fsp3) is 0.562. The number of rotatable bonds is 5. The molecule has 2 atom stereocenters. The molecule has 3 rings (SSSR count). The van der Waals surface area contributed by atoms with Crippen LogP contribution in [0.5, 0.6) is 5.75 Å². The van der Waals surface area contributed by atoms with Gasteiger partial charge in [-0.25, -0.2) is 0 Å². The molecule has 1 amide bonds. The van der Waals surface area contributed by atoms with Crippen LogP contribution in [0.2, 0.25) is 0 Å². The summed E-state index contributed by atoms with van der Waals surface area (Å²) in [4.78, 5) is 12.0. The van der Waals surface area contributed by atoms with E-state index in [4.69, 9.17) is 9.47 Å². The van der Waals surface area contributed by atoms with Gasteiger partial charge >= 0.3 is 0 Å². The fourth-order valence-corrected chi connectivity index (χ4v) is 2.74. The maximum Gasteiger partial charge on any atom is 0.241 e. The molecule has 2 heterocycles. The van der Waals surface area contributed by atoms with Crippen LogP contribution in [0, 0.1) is 0 Å². The molecule has 5 nitrogen and oxygen atoms in total. The molecule has 21 heavy (non-hydrogen) atoms. The first kappa shape index (κ1) is 14.4. The molecule has 114 valence electrons. The molecular formula is C16H22N2O3.